The van der Waals surface area contributed by atoms with Gasteiger partial charge < -0.3 is 10.2 Å². The Morgan fingerprint density at radius 2 is 1.66 bits per heavy atom. The lowest BCUT2D eigenvalue weighted by atomic mass is 10.1. The minimum Gasteiger partial charge on any atom is -0.351 e. The third kappa shape index (κ3) is 4.49. The van der Waals surface area contributed by atoms with Gasteiger partial charge in [0, 0.05) is 37.4 Å². The van der Waals surface area contributed by atoms with Crippen LogP contribution < -0.4 is 5.32 Å². The monoisotopic (exact) mass is 407 g/mol. The molecule has 4 rings (SSSR count). The number of aryl methyl sites for hydroxylation is 1. The minimum atomic E-state index is 0.0222. The Balaban J connectivity index is 1.29. The molecular weight excluding hydrogens is 382 g/mol. The predicted molar refractivity (Wildman–Crippen MR) is 117 cm³/mol. The molecule has 150 valence electrons. The number of fused-ring (bicyclic) bond motifs is 1. The molecule has 0 atom stereocenters. The van der Waals surface area contributed by atoms with Gasteiger partial charge in [-0.05, 0) is 29.5 Å². The number of rotatable bonds is 5. The molecule has 0 aliphatic carbocycles. The van der Waals surface area contributed by atoms with Crippen LogP contribution in [0, 0.1) is 6.92 Å². The SMILES string of the molecule is Cc1c(C(=O)N2CCN(CC(=O)NCc3ccccc3)CC2)sc2ccccc12. The molecular formula is C23H25N3O2S. The Morgan fingerprint density at radius 3 is 2.38 bits per heavy atom. The van der Waals surface area contributed by atoms with Crippen molar-refractivity contribution >= 4 is 33.2 Å². The van der Waals surface area contributed by atoms with Crippen LogP contribution in [0.3, 0.4) is 0 Å². The number of carbonyl (C=O) groups is 2. The van der Waals surface area contributed by atoms with Crippen LogP contribution in [0.1, 0.15) is 20.8 Å². The molecule has 1 fully saturated rings. The van der Waals surface area contributed by atoms with Crippen molar-refractivity contribution in [2.75, 3.05) is 32.7 Å². The van der Waals surface area contributed by atoms with Crippen molar-refractivity contribution in [1.82, 2.24) is 15.1 Å². The van der Waals surface area contributed by atoms with Crippen molar-refractivity contribution in [1.29, 1.82) is 0 Å². The van der Waals surface area contributed by atoms with Crippen molar-refractivity contribution in [3.8, 4) is 0 Å². The van der Waals surface area contributed by atoms with E-state index in [1.54, 1.807) is 11.3 Å². The number of carbonyl (C=O) groups excluding carboxylic acids is 2. The fourth-order valence-electron chi connectivity index (χ4n) is 3.69. The van der Waals surface area contributed by atoms with E-state index in [0.717, 1.165) is 26.1 Å². The Kier molecular flexibility index (Phi) is 5.92. The normalized spacial score (nSPS) is 14.9. The van der Waals surface area contributed by atoms with Gasteiger partial charge in [0.1, 0.15) is 0 Å². The summed E-state index contributed by atoms with van der Waals surface area (Å²) in [6.45, 7) is 5.68. The molecule has 6 heteroatoms. The van der Waals surface area contributed by atoms with Gasteiger partial charge in [0.25, 0.3) is 5.91 Å². The molecule has 1 aromatic heterocycles. The van der Waals surface area contributed by atoms with Gasteiger partial charge in [0.15, 0.2) is 0 Å². The molecule has 29 heavy (non-hydrogen) atoms. The van der Waals surface area contributed by atoms with Crippen molar-refractivity contribution < 1.29 is 9.59 Å². The molecule has 5 nitrogen and oxygen atoms in total. The Labute approximate surface area is 174 Å². The molecule has 0 bridgehead atoms. The second-order valence-corrected chi connectivity index (χ2v) is 8.44. The molecule has 0 spiro atoms. The lowest BCUT2D eigenvalue weighted by Gasteiger charge is -2.34. The molecule has 2 amide bonds. The molecule has 1 saturated heterocycles. The fraction of sp³-hybridized carbons (Fsp3) is 0.304. The van der Waals surface area contributed by atoms with Gasteiger partial charge in [-0.2, -0.15) is 0 Å². The van der Waals surface area contributed by atoms with E-state index in [4.69, 9.17) is 0 Å². The summed E-state index contributed by atoms with van der Waals surface area (Å²) < 4.78 is 1.15. The first-order chi connectivity index (χ1) is 14.1. The lowest BCUT2D eigenvalue weighted by Crippen LogP contribution is -2.51. The molecule has 0 saturated carbocycles. The lowest BCUT2D eigenvalue weighted by molar-refractivity contribution is -0.122. The van der Waals surface area contributed by atoms with Crippen LogP contribution in [-0.4, -0.2) is 54.3 Å². The minimum absolute atomic E-state index is 0.0222. The van der Waals surface area contributed by atoms with Gasteiger partial charge in [-0.25, -0.2) is 0 Å². The molecule has 3 aromatic rings. The highest BCUT2D eigenvalue weighted by molar-refractivity contribution is 7.21. The number of benzene rings is 2. The van der Waals surface area contributed by atoms with Crippen molar-refractivity contribution in [2.45, 2.75) is 13.5 Å². The van der Waals surface area contributed by atoms with Gasteiger partial charge in [-0.3, -0.25) is 14.5 Å². The third-order valence-electron chi connectivity index (χ3n) is 5.40. The van der Waals surface area contributed by atoms with Crippen LogP contribution in [-0.2, 0) is 11.3 Å². The predicted octanol–water partition coefficient (Wildman–Crippen LogP) is 3.28. The number of thiophene rings is 1. The molecule has 2 aromatic carbocycles. The van der Waals surface area contributed by atoms with E-state index in [0.29, 0.717) is 39.3 Å². The fourth-order valence-corrected chi connectivity index (χ4v) is 4.86. The standard InChI is InChI=1S/C23H25N3O2S/c1-17-19-9-5-6-10-20(19)29-22(17)23(28)26-13-11-25(12-14-26)16-21(27)24-15-18-7-3-2-4-8-18/h2-10H,11-16H2,1H3,(H,24,27). The van der Waals surface area contributed by atoms with E-state index >= 15 is 0 Å². The average Bonchev–Trinajstić information content (AvgIpc) is 3.10. The molecule has 1 aliphatic heterocycles. The van der Waals surface area contributed by atoms with E-state index in [9.17, 15) is 9.59 Å². The maximum Gasteiger partial charge on any atom is 0.264 e. The van der Waals surface area contributed by atoms with Crippen LogP contribution in [0.2, 0.25) is 0 Å². The second kappa shape index (κ2) is 8.76. The summed E-state index contributed by atoms with van der Waals surface area (Å²) >= 11 is 1.57. The van der Waals surface area contributed by atoms with Crippen molar-refractivity contribution in [2.24, 2.45) is 0 Å². The van der Waals surface area contributed by atoms with E-state index in [1.165, 1.54) is 0 Å². The van der Waals surface area contributed by atoms with E-state index in [2.05, 4.69) is 22.3 Å². The zero-order chi connectivity index (χ0) is 20.2. The zero-order valence-corrected chi connectivity index (χ0v) is 17.4. The van der Waals surface area contributed by atoms with Gasteiger partial charge >= 0.3 is 0 Å². The van der Waals surface area contributed by atoms with E-state index in [1.807, 2.05) is 54.3 Å². The van der Waals surface area contributed by atoms with Crippen LogP contribution in [0.25, 0.3) is 10.1 Å². The number of piperazine rings is 1. The Bertz CT molecular complexity index is 1010. The number of hydrogen-bond donors (Lipinski definition) is 1. The van der Waals surface area contributed by atoms with Crippen LogP contribution >= 0.6 is 11.3 Å². The van der Waals surface area contributed by atoms with Gasteiger partial charge in [0.05, 0.1) is 11.4 Å². The highest BCUT2D eigenvalue weighted by atomic mass is 32.1. The quantitative estimate of drug-likeness (QED) is 0.706. The van der Waals surface area contributed by atoms with Crippen LogP contribution in [0.4, 0.5) is 0 Å². The molecule has 1 N–H and O–H groups in total. The van der Waals surface area contributed by atoms with Gasteiger partial charge in [0.2, 0.25) is 5.91 Å². The Hall–Kier alpha value is -2.70. The first kappa shape index (κ1) is 19.6. The highest BCUT2D eigenvalue weighted by Crippen LogP contribution is 2.31. The van der Waals surface area contributed by atoms with Crippen LogP contribution in [0.15, 0.2) is 54.6 Å². The van der Waals surface area contributed by atoms with Crippen molar-refractivity contribution in [3.63, 3.8) is 0 Å². The highest BCUT2D eigenvalue weighted by Gasteiger charge is 2.25. The smallest absolute Gasteiger partial charge is 0.264 e. The number of hydrogen-bond acceptors (Lipinski definition) is 4. The zero-order valence-electron chi connectivity index (χ0n) is 16.6. The number of nitrogens with one attached hydrogen (secondary N) is 1. The summed E-state index contributed by atoms with van der Waals surface area (Å²) in [7, 11) is 0. The summed E-state index contributed by atoms with van der Waals surface area (Å²) in [5, 5.41) is 4.13. The van der Waals surface area contributed by atoms with E-state index < -0.39 is 0 Å². The first-order valence-corrected chi connectivity index (χ1v) is 10.7. The summed E-state index contributed by atoms with van der Waals surface area (Å²) in [6, 6.07) is 18.1. The summed E-state index contributed by atoms with van der Waals surface area (Å²) in [5.74, 6) is 0.130. The first-order valence-electron chi connectivity index (χ1n) is 9.92. The molecule has 1 aliphatic rings. The molecule has 0 unspecified atom stereocenters. The largest absolute Gasteiger partial charge is 0.351 e. The maximum absolute atomic E-state index is 13.0. The second-order valence-electron chi connectivity index (χ2n) is 7.38. The number of amides is 2. The number of nitrogens with zero attached hydrogens (tertiary/aromatic N) is 2. The molecule has 2 heterocycles. The topological polar surface area (TPSA) is 52.7 Å². The third-order valence-corrected chi connectivity index (χ3v) is 6.66. The summed E-state index contributed by atoms with van der Waals surface area (Å²) in [5.41, 5.74) is 2.16. The van der Waals surface area contributed by atoms with E-state index in [-0.39, 0.29) is 11.8 Å². The molecule has 0 radical (unpaired) electrons. The van der Waals surface area contributed by atoms with Crippen LogP contribution in [0.5, 0.6) is 0 Å². The van der Waals surface area contributed by atoms with Gasteiger partial charge in [-0.1, -0.05) is 48.5 Å². The average molecular weight is 408 g/mol. The van der Waals surface area contributed by atoms with Gasteiger partial charge in [-0.15, -0.1) is 11.3 Å². The summed E-state index contributed by atoms with van der Waals surface area (Å²) in [4.78, 5) is 30.1. The summed E-state index contributed by atoms with van der Waals surface area (Å²) in [6.07, 6.45) is 0. The van der Waals surface area contributed by atoms with Crippen molar-refractivity contribution in [3.05, 3.63) is 70.6 Å². The maximum atomic E-state index is 13.0. The Morgan fingerprint density at radius 1 is 0.966 bits per heavy atom.